The number of amides is 2. The summed E-state index contributed by atoms with van der Waals surface area (Å²) in [5, 5.41) is 11.7. The number of nitrogens with zero attached hydrogens (tertiary/aromatic N) is 2. The summed E-state index contributed by atoms with van der Waals surface area (Å²) in [5.41, 5.74) is 1.54. The molecule has 2 rings (SSSR count). The lowest BCUT2D eigenvalue weighted by molar-refractivity contribution is -0.116. The Morgan fingerprint density at radius 2 is 1.90 bits per heavy atom. The average molecular weight is 273 g/mol. The van der Waals surface area contributed by atoms with Crippen LogP contribution in [0.5, 0.6) is 0 Å². The first kappa shape index (κ1) is 13.7. The fourth-order valence-corrected chi connectivity index (χ4v) is 1.66. The van der Waals surface area contributed by atoms with E-state index in [9.17, 15) is 9.59 Å². The predicted molar refractivity (Wildman–Crippen MR) is 74.2 cm³/mol. The van der Waals surface area contributed by atoms with Crippen LogP contribution >= 0.6 is 0 Å². The van der Waals surface area contributed by atoms with E-state index in [0.717, 1.165) is 5.56 Å². The lowest BCUT2D eigenvalue weighted by Crippen LogP contribution is -2.15. The van der Waals surface area contributed by atoms with E-state index in [-0.39, 0.29) is 24.2 Å². The quantitative estimate of drug-likeness (QED) is 0.780. The van der Waals surface area contributed by atoms with Crippen molar-refractivity contribution in [1.29, 1.82) is 0 Å². The summed E-state index contributed by atoms with van der Waals surface area (Å²) in [6.45, 7) is 3.20. The van der Waals surface area contributed by atoms with Crippen molar-refractivity contribution in [3.63, 3.8) is 0 Å². The van der Waals surface area contributed by atoms with Crippen LogP contribution in [0.2, 0.25) is 0 Å². The number of aryl methyl sites for hydroxylation is 1. The first-order valence-electron chi connectivity index (χ1n) is 6.08. The van der Waals surface area contributed by atoms with Crippen molar-refractivity contribution in [2.45, 2.75) is 20.3 Å². The van der Waals surface area contributed by atoms with Gasteiger partial charge >= 0.3 is 0 Å². The molecule has 2 amide bonds. The molecule has 0 saturated carbocycles. The van der Waals surface area contributed by atoms with Crippen LogP contribution in [0.1, 0.15) is 18.3 Å². The molecule has 20 heavy (non-hydrogen) atoms. The number of aromatic nitrogens is 3. The molecule has 7 heteroatoms. The number of benzene rings is 1. The van der Waals surface area contributed by atoms with Gasteiger partial charge in [0, 0.05) is 12.6 Å². The Morgan fingerprint density at radius 1 is 1.20 bits per heavy atom. The van der Waals surface area contributed by atoms with Crippen molar-refractivity contribution in [3.05, 3.63) is 35.7 Å². The van der Waals surface area contributed by atoms with E-state index in [1.807, 2.05) is 0 Å². The summed E-state index contributed by atoms with van der Waals surface area (Å²) in [6.07, 6.45) is 0.216. The molecule has 3 N–H and O–H groups in total. The van der Waals surface area contributed by atoms with Crippen LogP contribution in [0, 0.1) is 6.92 Å². The van der Waals surface area contributed by atoms with Crippen LogP contribution < -0.4 is 10.6 Å². The van der Waals surface area contributed by atoms with Crippen molar-refractivity contribution < 1.29 is 9.59 Å². The molecule has 0 aliphatic carbocycles. The summed E-state index contributed by atoms with van der Waals surface area (Å²) in [5.74, 6) is 0.578. The van der Waals surface area contributed by atoms with Gasteiger partial charge in [-0.1, -0.05) is 12.1 Å². The molecule has 0 radical (unpaired) electrons. The van der Waals surface area contributed by atoms with Crippen LogP contribution in [-0.4, -0.2) is 27.0 Å². The van der Waals surface area contributed by atoms with Gasteiger partial charge in [-0.3, -0.25) is 20.0 Å². The molecule has 0 atom stereocenters. The molecule has 0 aliphatic heterocycles. The van der Waals surface area contributed by atoms with Gasteiger partial charge in [-0.05, 0) is 24.6 Å². The molecule has 0 bridgehead atoms. The van der Waals surface area contributed by atoms with Gasteiger partial charge in [-0.25, -0.2) is 0 Å². The maximum absolute atomic E-state index is 11.8. The first-order valence-corrected chi connectivity index (χ1v) is 6.08. The minimum Gasteiger partial charge on any atom is -0.326 e. The highest BCUT2D eigenvalue weighted by atomic mass is 16.2. The fourth-order valence-electron chi connectivity index (χ4n) is 1.66. The normalized spacial score (nSPS) is 10.1. The number of hydrogen-bond donors (Lipinski definition) is 3. The number of carbonyl (C=O) groups is 2. The Kier molecular flexibility index (Phi) is 4.09. The molecule has 2 aromatic rings. The van der Waals surface area contributed by atoms with Crippen molar-refractivity contribution in [1.82, 2.24) is 15.2 Å². The number of hydrogen-bond acceptors (Lipinski definition) is 4. The number of rotatable bonds is 4. The lowest BCUT2D eigenvalue weighted by Gasteiger charge is -2.04. The Morgan fingerprint density at radius 3 is 2.45 bits per heavy atom. The number of aromatic amines is 1. The van der Waals surface area contributed by atoms with Gasteiger partial charge in [-0.2, -0.15) is 4.98 Å². The molecule has 0 saturated heterocycles. The van der Waals surface area contributed by atoms with E-state index in [0.29, 0.717) is 11.5 Å². The molecular weight excluding hydrogens is 258 g/mol. The van der Waals surface area contributed by atoms with Crippen molar-refractivity contribution in [2.75, 3.05) is 10.6 Å². The topological polar surface area (TPSA) is 99.8 Å². The van der Waals surface area contributed by atoms with Crippen LogP contribution in [0.4, 0.5) is 11.6 Å². The second-order valence-corrected chi connectivity index (χ2v) is 4.35. The standard InChI is InChI=1S/C13H15N5O2/c1-8-14-13(18-17-8)16-12(20)7-10-3-5-11(6-4-10)15-9(2)19/h3-6H,7H2,1-2H3,(H,15,19)(H2,14,16,17,18,20). The highest BCUT2D eigenvalue weighted by molar-refractivity contribution is 5.91. The second-order valence-electron chi connectivity index (χ2n) is 4.35. The van der Waals surface area contributed by atoms with E-state index in [2.05, 4.69) is 25.8 Å². The third-order valence-corrected chi connectivity index (χ3v) is 2.49. The van der Waals surface area contributed by atoms with Gasteiger partial charge in [0.1, 0.15) is 5.82 Å². The molecule has 0 spiro atoms. The molecule has 1 heterocycles. The van der Waals surface area contributed by atoms with E-state index < -0.39 is 0 Å². The number of carbonyl (C=O) groups excluding carboxylic acids is 2. The van der Waals surface area contributed by atoms with Gasteiger partial charge in [0.05, 0.1) is 6.42 Å². The number of nitrogens with one attached hydrogen (secondary N) is 3. The van der Waals surface area contributed by atoms with Crippen molar-refractivity contribution in [2.24, 2.45) is 0 Å². The summed E-state index contributed by atoms with van der Waals surface area (Å²) < 4.78 is 0. The zero-order chi connectivity index (χ0) is 14.5. The SMILES string of the molecule is CC(=O)Nc1ccc(CC(=O)Nc2n[nH]c(C)n2)cc1. The summed E-state index contributed by atoms with van der Waals surface area (Å²) in [6, 6.07) is 7.07. The van der Waals surface area contributed by atoms with Crippen LogP contribution in [0.3, 0.4) is 0 Å². The monoisotopic (exact) mass is 273 g/mol. The van der Waals surface area contributed by atoms with E-state index >= 15 is 0 Å². The lowest BCUT2D eigenvalue weighted by atomic mass is 10.1. The van der Waals surface area contributed by atoms with Crippen LogP contribution in [-0.2, 0) is 16.0 Å². The Bertz CT molecular complexity index is 618. The van der Waals surface area contributed by atoms with Gasteiger partial charge in [0.2, 0.25) is 17.8 Å². The molecule has 0 fully saturated rings. The first-order chi connectivity index (χ1) is 9.52. The van der Waals surface area contributed by atoms with Gasteiger partial charge in [0.15, 0.2) is 0 Å². The van der Waals surface area contributed by atoms with Crippen molar-refractivity contribution in [3.8, 4) is 0 Å². The Labute approximate surface area is 115 Å². The highest BCUT2D eigenvalue weighted by Gasteiger charge is 2.07. The highest BCUT2D eigenvalue weighted by Crippen LogP contribution is 2.10. The maximum atomic E-state index is 11.8. The number of anilines is 2. The third kappa shape index (κ3) is 3.91. The van der Waals surface area contributed by atoms with E-state index in [1.165, 1.54) is 6.92 Å². The third-order valence-electron chi connectivity index (χ3n) is 2.49. The minimum atomic E-state index is -0.198. The zero-order valence-electron chi connectivity index (χ0n) is 11.2. The zero-order valence-corrected chi connectivity index (χ0v) is 11.2. The Balaban J connectivity index is 1.92. The molecule has 1 aromatic heterocycles. The number of H-pyrrole nitrogens is 1. The van der Waals surface area contributed by atoms with Crippen molar-refractivity contribution >= 4 is 23.5 Å². The molecule has 1 aromatic carbocycles. The summed E-state index contributed by atoms with van der Waals surface area (Å²) in [4.78, 5) is 26.7. The Hall–Kier alpha value is -2.70. The van der Waals surface area contributed by atoms with Gasteiger partial charge < -0.3 is 5.32 Å². The molecule has 104 valence electrons. The average Bonchev–Trinajstić information content (AvgIpc) is 2.76. The van der Waals surface area contributed by atoms with E-state index in [1.54, 1.807) is 31.2 Å². The molecular formula is C13H15N5O2. The fraction of sp³-hybridized carbons (Fsp3) is 0.231. The molecule has 0 unspecified atom stereocenters. The van der Waals surface area contributed by atoms with Gasteiger partial charge in [-0.15, -0.1) is 5.10 Å². The smallest absolute Gasteiger partial charge is 0.248 e. The molecule has 7 nitrogen and oxygen atoms in total. The van der Waals surface area contributed by atoms with Crippen LogP contribution in [0.25, 0.3) is 0 Å². The van der Waals surface area contributed by atoms with E-state index in [4.69, 9.17) is 0 Å². The summed E-state index contributed by atoms with van der Waals surface area (Å²) in [7, 11) is 0. The van der Waals surface area contributed by atoms with Gasteiger partial charge in [0.25, 0.3) is 0 Å². The molecule has 0 aliphatic rings. The maximum Gasteiger partial charge on any atom is 0.248 e. The van der Waals surface area contributed by atoms with Crippen LogP contribution in [0.15, 0.2) is 24.3 Å². The predicted octanol–water partition coefficient (Wildman–Crippen LogP) is 1.25. The second kappa shape index (κ2) is 5.96. The largest absolute Gasteiger partial charge is 0.326 e. The summed E-state index contributed by atoms with van der Waals surface area (Å²) >= 11 is 0. The minimum absolute atomic E-state index is 0.129.